The highest BCUT2D eigenvalue weighted by Gasteiger charge is 2.17. The predicted octanol–water partition coefficient (Wildman–Crippen LogP) is 4.10. The summed E-state index contributed by atoms with van der Waals surface area (Å²) in [7, 11) is 0. The van der Waals surface area contributed by atoms with E-state index >= 15 is 0 Å². The van der Waals surface area contributed by atoms with E-state index in [-0.39, 0.29) is 12.5 Å². The molecule has 0 fully saturated rings. The second kappa shape index (κ2) is 7.70. The molecule has 0 saturated carbocycles. The van der Waals surface area contributed by atoms with Crippen LogP contribution in [0, 0.1) is 6.92 Å². The van der Waals surface area contributed by atoms with Crippen LogP contribution in [0.15, 0.2) is 60.4 Å². The van der Waals surface area contributed by atoms with Gasteiger partial charge in [0.05, 0.1) is 24.1 Å². The molecule has 5 nitrogen and oxygen atoms in total. The maximum atomic E-state index is 12.7. The van der Waals surface area contributed by atoms with Gasteiger partial charge in [0.2, 0.25) is 0 Å². The lowest BCUT2D eigenvalue weighted by Gasteiger charge is -2.10. The molecule has 5 heteroatoms. The summed E-state index contributed by atoms with van der Waals surface area (Å²) in [5.41, 5.74) is 3.02. The van der Waals surface area contributed by atoms with Crippen molar-refractivity contribution in [3.63, 3.8) is 0 Å². The van der Waals surface area contributed by atoms with Gasteiger partial charge in [-0.05, 0) is 49.8 Å². The van der Waals surface area contributed by atoms with Crippen LogP contribution in [-0.4, -0.2) is 18.5 Å². The number of esters is 1. The number of anilines is 1. The lowest BCUT2D eigenvalue weighted by Crippen LogP contribution is -2.16. The molecule has 1 N–H and O–H groups in total. The van der Waals surface area contributed by atoms with Gasteiger partial charge in [-0.2, -0.15) is 0 Å². The Hall–Kier alpha value is -3.34. The highest BCUT2D eigenvalue weighted by Crippen LogP contribution is 2.26. The minimum atomic E-state index is -0.474. The van der Waals surface area contributed by atoms with Crippen LogP contribution in [0.25, 0.3) is 6.08 Å². The Bertz CT molecular complexity index is 912. The summed E-state index contributed by atoms with van der Waals surface area (Å²) in [6.45, 7) is 3.98. The molecule has 132 valence electrons. The third-order valence-electron chi connectivity index (χ3n) is 3.86. The van der Waals surface area contributed by atoms with E-state index in [1.165, 1.54) is 6.26 Å². The first-order chi connectivity index (χ1) is 12.6. The molecule has 1 heterocycles. The van der Waals surface area contributed by atoms with Crippen molar-refractivity contribution in [1.82, 2.24) is 0 Å². The molecule has 0 spiro atoms. The maximum absolute atomic E-state index is 12.7. The van der Waals surface area contributed by atoms with Crippen LogP contribution in [0.5, 0.6) is 5.75 Å². The van der Waals surface area contributed by atoms with Gasteiger partial charge in [-0.3, -0.25) is 4.79 Å². The lowest BCUT2D eigenvalue weighted by atomic mass is 10.1. The van der Waals surface area contributed by atoms with Crippen molar-refractivity contribution < 1.29 is 19.1 Å². The number of rotatable bonds is 4. The maximum Gasteiger partial charge on any atom is 0.340 e. The number of amides is 1. The van der Waals surface area contributed by atoms with Gasteiger partial charge in [0.1, 0.15) is 5.75 Å². The van der Waals surface area contributed by atoms with Crippen LogP contribution in [-0.2, 0) is 9.53 Å². The average Bonchev–Trinajstić information content (AvgIpc) is 2.84. The summed E-state index contributed by atoms with van der Waals surface area (Å²) in [6.07, 6.45) is 4.83. The molecule has 1 amide bonds. The number of nitrogens with one attached hydrogen (secondary N) is 1. The fourth-order valence-corrected chi connectivity index (χ4v) is 2.57. The standard InChI is InChI=1S/C21H19NO4/c1-3-25-21(24)17-6-4-5-7-18(17)22-20(23)16-10-11-26-19-12-14(2)8-9-15(19)13-16/h4-13H,3H2,1-2H3,(H,22,23). The number of fused-ring (bicyclic) bond motifs is 1. The van der Waals surface area contributed by atoms with Crippen LogP contribution in [0.1, 0.15) is 28.4 Å². The number of hydrogen-bond donors (Lipinski definition) is 1. The van der Waals surface area contributed by atoms with Crippen molar-refractivity contribution in [3.8, 4) is 5.75 Å². The molecule has 3 rings (SSSR count). The molecule has 0 radical (unpaired) electrons. The van der Waals surface area contributed by atoms with Gasteiger partial charge in [0, 0.05) is 11.1 Å². The van der Waals surface area contributed by atoms with E-state index in [0.717, 1.165) is 11.1 Å². The van der Waals surface area contributed by atoms with Crippen molar-refractivity contribution >= 4 is 23.6 Å². The smallest absolute Gasteiger partial charge is 0.340 e. The highest BCUT2D eigenvalue weighted by atomic mass is 16.5. The van der Waals surface area contributed by atoms with Crippen LogP contribution < -0.4 is 10.1 Å². The minimum Gasteiger partial charge on any atom is -0.464 e. The Morgan fingerprint density at radius 2 is 1.96 bits per heavy atom. The molecule has 0 aromatic heterocycles. The van der Waals surface area contributed by atoms with Crippen LogP contribution in [0.3, 0.4) is 0 Å². The number of para-hydroxylation sites is 1. The fourth-order valence-electron chi connectivity index (χ4n) is 2.57. The van der Waals surface area contributed by atoms with E-state index in [1.54, 1.807) is 43.3 Å². The van der Waals surface area contributed by atoms with E-state index in [2.05, 4.69) is 5.32 Å². The number of carbonyl (C=O) groups excluding carboxylic acids is 2. The molecule has 0 unspecified atom stereocenters. The normalized spacial score (nSPS) is 12.3. The molecule has 2 aromatic carbocycles. The van der Waals surface area contributed by atoms with Crippen molar-refractivity contribution in [1.29, 1.82) is 0 Å². The summed E-state index contributed by atoms with van der Waals surface area (Å²) < 4.78 is 10.6. The zero-order chi connectivity index (χ0) is 18.5. The van der Waals surface area contributed by atoms with Gasteiger partial charge in [0.15, 0.2) is 0 Å². The lowest BCUT2D eigenvalue weighted by molar-refractivity contribution is -0.112. The molecule has 26 heavy (non-hydrogen) atoms. The van der Waals surface area contributed by atoms with Crippen LogP contribution in [0.4, 0.5) is 5.69 Å². The molecule has 0 bridgehead atoms. The van der Waals surface area contributed by atoms with Gasteiger partial charge in [-0.15, -0.1) is 0 Å². The first-order valence-electron chi connectivity index (χ1n) is 8.31. The van der Waals surface area contributed by atoms with Crippen molar-refractivity contribution in [2.24, 2.45) is 0 Å². The van der Waals surface area contributed by atoms with E-state index in [0.29, 0.717) is 22.6 Å². The summed E-state index contributed by atoms with van der Waals surface area (Å²) in [5, 5.41) is 2.77. The third kappa shape index (κ3) is 3.83. The molecule has 2 aromatic rings. The first kappa shape index (κ1) is 17.5. The number of ether oxygens (including phenoxy) is 2. The Morgan fingerprint density at radius 1 is 1.15 bits per heavy atom. The quantitative estimate of drug-likeness (QED) is 0.844. The summed E-state index contributed by atoms with van der Waals surface area (Å²) in [4.78, 5) is 24.7. The van der Waals surface area contributed by atoms with Crippen molar-refractivity contribution in [2.75, 3.05) is 11.9 Å². The Labute approximate surface area is 151 Å². The molecule has 1 aliphatic rings. The molecular weight excluding hydrogens is 330 g/mol. The number of hydrogen-bond acceptors (Lipinski definition) is 4. The van der Waals surface area contributed by atoms with Crippen molar-refractivity contribution in [3.05, 3.63) is 77.1 Å². The van der Waals surface area contributed by atoms with Crippen LogP contribution in [0.2, 0.25) is 0 Å². The Kier molecular flexibility index (Phi) is 5.17. The molecule has 1 aliphatic heterocycles. The zero-order valence-electron chi connectivity index (χ0n) is 14.6. The van der Waals surface area contributed by atoms with Gasteiger partial charge >= 0.3 is 5.97 Å². The number of benzene rings is 2. The number of aryl methyl sites for hydroxylation is 1. The summed E-state index contributed by atoms with van der Waals surface area (Å²) >= 11 is 0. The topological polar surface area (TPSA) is 64.6 Å². The molecular formula is C21H19NO4. The largest absolute Gasteiger partial charge is 0.464 e. The van der Waals surface area contributed by atoms with Gasteiger partial charge in [-0.1, -0.05) is 24.3 Å². The Morgan fingerprint density at radius 3 is 2.77 bits per heavy atom. The fraction of sp³-hybridized carbons (Fsp3) is 0.143. The second-order valence-corrected chi connectivity index (χ2v) is 5.78. The molecule has 0 atom stereocenters. The molecule has 0 aliphatic carbocycles. The second-order valence-electron chi connectivity index (χ2n) is 5.78. The van der Waals surface area contributed by atoms with Gasteiger partial charge in [-0.25, -0.2) is 4.79 Å². The zero-order valence-corrected chi connectivity index (χ0v) is 14.6. The van der Waals surface area contributed by atoms with E-state index in [4.69, 9.17) is 9.47 Å². The van der Waals surface area contributed by atoms with E-state index in [9.17, 15) is 9.59 Å². The predicted molar refractivity (Wildman–Crippen MR) is 100.0 cm³/mol. The SMILES string of the molecule is CCOC(=O)c1ccccc1NC(=O)C1=Cc2ccc(C)cc2OC=C1. The Balaban J connectivity index is 1.87. The summed E-state index contributed by atoms with van der Waals surface area (Å²) in [5.74, 6) is -0.121. The third-order valence-corrected chi connectivity index (χ3v) is 3.86. The number of carbonyl (C=O) groups is 2. The molecule has 0 saturated heterocycles. The first-order valence-corrected chi connectivity index (χ1v) is 8.31. The summed E-state index contributed by atoms with van der Waals surface area (Å²) in [6, 6.07) is 12.5. The highest BCUT2D eigenvalue weighted by molar-refractivity contribution is 6.11. The van der Waals surface area contributed by atoms with Gasteiger partial charge in [0.25, 0.3) is 5.91 Å². The minimum absolute atomic E-state index is 0.266. The van der Waals surface area contributed by atoms with Crippen molar-refractivity contribution in [2.45, 2.75) is 13.8 Å². The van der Waals surface area contributed by atoms with Crippen LogP contribution >= 0.6 is 0 Å². The van der Waals surface area contributed by atoms with Gasteiger partial charge < -0.3 is 14.8 Å². The van der Waals surface area contributed by atoms with E-state index < -0.39 is 5.97 Å². The monoisotopic (exact) mass is 349 g/mol. The van der Waals surface area contributed by atoms with E-state index in [1.807, 2.05) is 25.1 Å². The average molecular weight is 349 g/mol.